The predicted octanol–water partition coefficient (Wildman–Crippen LogP) is 2.04. The quantitative estimate of drug-likeness (QED) is 0.702. The van der Waals surface area contributed by atoms with E-state index in [1.807, 2.05) is 32.3 Å². The van der Waals surface area contributed by atoms with Crippen LogP contribution in [0, 0.1) is 0 Å². The number of aryl methyl sites for hydroxylation is 1. The lowest BCUT2D eigenvalue weighted by Crippen LogP contribution is -2.15. The van der Waals surface area contributed by atoms with Crippen LogP contribution in [-0.2, 0) is 11.2 Å². The lowest BCUT2D eigenvalue weighted by molar-refractivity contribution is -0.136. The first-order chi connectivity index (χ1) is 9.52. The average molecular weight is 281 g/mol. The summed E-state index contributed by atoms with van der Waals surface area (Å²) in [6.07, 6.45) is 1.55. The molecule has 0 aliphatic carbocycles. The maximum Gasteiger partial charge on any atom is 0.303 e. The van der Waals surface area contributed by atoms with Gasteiger partial charge in [0.15, 0.2) is 11.5 Å². The van der Waals surface area contributed by atoms with Gasteiger partial charge in [-0.2, -0.15) is 0 Å². The summed E-state index contributed by atoms with van der Waals surface area (Å²) >= 11 is 0. The monoisotopic (exact) mass is 281 g/mol. The minimum atomic E-state index is -0.798. The van der Waals surface area contributed by atoms with Crippen molar-refractivity contribution in [3.63, 3.8) is 0 Å². The molecular formula is C15H23NO4. The van der Waals surface area contributed by atoms with Gasteiger partial charge in [-0.3, -0.25) is 4.79 Å². The first-order valence-corrected chi connectivity index (χ1v) is 6.69. The van der Waals surface area contributed by atoms with E-state index in [9.17, 15) is 4.79 Å². The smallest absolute Gasteiger partial charge is 0.303 e. The van der Waals surface area contributed by atoms with E-state index >= 15 is 0 Å². The largest absolute Gasteiger partial charge is 0.493 e. The molecule has 0 aliphatic rings. The summed E-state index contributed by atoms with van der Waals surface area (Å²) in [4.78, 5) is 12.7. The van der Waals surface area contributed by atoms with Crippen molar-refractivity contribution in [2.45, 2.75) is 19.3 Å². The molecule has 0 fully saturated rings. The third-order valence-electron chi connectivity index (χ3n) is 2.86. The van der Waals surface area contributed by atoms with E-state index in [4.69, 9.17) is 14.6 Å². The lowest BCUT2D eigenvalue weighted by atomic mass is 10.1. The van der Waals surface area contributed by atoms with E-state index in [0.717, 1.165) is 18.5 Å². The first-order valence-electron chi connectivity index (χ1n) is 6.69. The Hall–Kier alpha value is -1.75. The second-order valence-corrected chi connectivity index (χ2v) is 4.88. The molecule has 20 heavy (non-hydrogen) atoms. The molecule has 0 saturated carbocycles. The molecule has 5 nitrogen and oxygen atoms in total. The van der Waals surface area contributed by atoms with Gasteiger partial charge >= 0.3 is 5.97 Å². The van der Waals surface area contributed by atoms with Crippen LogP contribution in [0.15, 0.2) is 18.2 Å². The molecule has 1 N–H and O–H groups in total. The molecule has 0 unspecified atom stereocenters. The van der Waals surface area contributed by atoms with Crippen molar-refractivity contribution in [1.82, 2.24) is 4.90 Å². The summed E-state index contributed by atoms with van der Waals surface area (Å²) < 4.78 is 11.0. The van der Waals surface area contributed by atoms with Crippen molar-refractivity contribution in [1.29, 1.82) is 0 Å². The van der Waals surface area contributed by atoms with Gasteiger partial charge < -0.3 is 19.5 Å². The van der Waals surface area contributed by atoms with Crippen LogP contribution in [0.25, 0.3) is 0 Å². The van der Waals surface area contributed by atoms with Crippen molar-refractivity contribution in [2.75, 3.05) is 34.4 Å². The van der Waals surface area contributed by atoms with Crippen molar-refractivity contribution in [3.05, 3.63) is 23.8 Å². The van der Waals surface area contributed by atoms with Gasteiger partial charge in [-0.15, -0.1) is 0 Å². The number of methoxy groups -OCH3 is 1. The minimum Gasteiger partial charge on any atom is -0.493 e. The van der Waals surface area contributed by atoms with Gasteiger partial charge in [-0.05, 0) is 44.6 Å². The number of nitrogens with zero attached hydrogens (tertiary/aromatic N) is 1. The van der Waals surface area contributed by atoms with Crippen LogP contribution in [0.5, 0.6) is 11.5 Å². The fourth-order valence-corrected chi connectivity index (χ4v) is 1.80. The number of rotatable bonds is 9. The molecule has 0 radical (unpaired) electrons. The number of ether oxygens (including phenoxy) is 2. The molecule has 0 heterocycles. The SMILES string of the molecule is COc1cc(CCC(=O)O)ccc1OCCCN(C)C. The Morgan fingerprint density at radius 1 is 1.30 bits per heavy atom. The number of benzene rings is 1. The number of carbonyl (C=O) groups is 1. The van der Waals surface area contributed by atoms with E-state index in [1.54, 1.807) is 7.11 Å². The predicted molar refractivity (Wildman–Crippen MR) is 77.6 cm³/mol. The summed E-state index contributed by atoms with van der Waals surface area (Å²) in [7, 11) is 5.64. The Morgan fingerprint density at radius 3 is 2.65 bits per heavy atom. The molecule has 0 atom stereocenters. The normalized spacial score (nSPS) is 10.6. The number of hydrogen-bond donors (Lipinski definition) is 1. The topological polar surface area (TPSA) is 59.0 Å². The van der Waals surface area contributed by atoms with Gasteiger partial charge in [0, 0.05) is 13.0 Å². The number of aliphatic carboxylic acids is 1. The van der Waals surface area contributed by atoms with E-state index in [2.05, 4.69) is 4.90 Å². The zero-order valence-electron chi connectivity index (χ0n) is 12.4. The molecule has 1 aromatic carbocycles. The van der Waals surface area contributed by atoms with E-state index in [0.29, 0.717) is 24.5 Å². The number of carboxylic acid groups (broad SMARTS) is 1. The number of carboxylic acids is 1. The van der Waals surface area contributed by atoms with Gasteiger partial charge in [0.1, 0.15) is 0 Å². The van der Waals surface area contributed by atoms with Crippen LogP contribution >= 0.6 is 0 Å². The molecule has 1 aromatic rings. The van der Waals surface area contributed by atoms with Crippen LogP contribution < -0.4 is 9.47 Å². The maximum absolute atomic E-state index is 10.6. The molecule has 112 valence electrons. The fraction of sp³-hybridized carbons (Fsp3) is 0.533. The molecule has 0 spiro atoms. The van der Waals surface area contributed by atoms with Gasteiger partial charge in [0.25, 0.3) is 0 Å². The highest BCUT2D eigenvalue weighted by Gasteiger charge is 2.07. The zero-order chi connectivity index (χ0) is 15.0. The van der Waals surface area contributed by atoms with E-state index in [1.165, 1.54) is 0 Å². The van der Waals surface area contributed by atoms with Crippen LogP contribution in [0.1, 0.15) is 18.4 Å². The first kappa shape index (κ1) is 16.3. The minimum absolute atomic E-state index is 0.117. The van der Waals surface area contributed by atoms with Gasteiger partial charge in [-0.25, -0.2) is 0 Å². The highest BCUT2D eigenvalue weighted by Crippen LogP contribution is 2.28. The Kier molecular flexibility index (Phi) is 6.87. The Bertz CT molecular complexity index is 432. The Balaban J connectivity index is 2.56. The van der Waals surface area contributed by atoms with Crippen LogP contribution in [0.4, 0.5) is 0 Å². The van der Waals surface area contributed by atoms with Crippen molar-refractivity contribution in [2.24, 2.45) is 0 Å². The zero-order valence-corrected chi connectivity index (χ0v) is 12.4. The molecule has 0 bridgehead atoms. The van der Waals surface area contributed by atoms with Gasteiger partial charge in [-0.1, -0.05) is 6.07 Å². The lowest BCUT2D eigenvalue weighted by Gasteiger charge is -2.13. The Morgan fingerprint density at radius 2 is 2.05 bits per heavy atom. The summed E-state index contributed by atoms with van der Waals surface area (Å²) in [6, 6.07) is 5.56. The molecule has 0 amide bonds. The van der Waals surface area contributed by atoms with Crippen LogP contribution in [0.3, 0.4) is 0 Å². The molecule has 1 rings (SSSR count). The number of hydrogen-bond acceptors (Lipinski definition) is 4. The molecule has 0 saturated heterocycles. The van der Waals surface area contributed by atoms with Gasteiger partial charge in [0.2, 0.25) is 0 Å². The Labute approximate surface area is 120 Å². The standard InChI is InChI=1S/C15H23NO4/c1-16(2)9-4-10-20-13-7-5-12(6-8-15(17)18)11-14(13)19-3/h5,7,11H,4,6,8-10H2,1-3H3,(H,17,18). The fourth-order valence-electron chi connectivity index (χ4n) is 1.80. The molecular weight excluding hydrogens is 258 g/mol. The van der Waals surface area contributed by atoms with Crippen molar-refractivity contribution in [3.8, 4) is 11.5 Å². The van der Waals surface area contributed by atoms with E-state index < -0.39 is 5.97 Å². The highest BCUT2D eigenvalue weighted by molar-refractivity contribution is 5.67. The third kappa shape index (κ3) is 5.93. The highest BCUT2D eigenvalue weighted by atomic mass is 16.5. The molecule has 0 aromatic heterocycles. The maximum atomic E-state index is 10.6. The summed E-state index contributed by atoms with van der Waals surface area (Å²) in [5.41, 5.74) is 0.935. The summed E-state index contributed by atoms with van der Waals surface area (Å²) in [5, 5.41) is 8.68. The van der Waals surface area contributed by atoms with Crippen LogP contribution in [-0.4, -0.2) is 50.3 Å². The van der Waals surface area contributed by atoms with Crippen molar-refractivity contribution < 1.29 is 19.4 Å². The third-order valence-corrected chi connectivity index (χ3v) is 2.86. The second-order valence-electron chi connectivity index (χ2n) is 4.88. The summed E-state index contributed by atoms with van der Waals surface area (Å²) in [6.45, 7) is 1.60. The van der Waals surface area contributed by atoms with Gasteiger partial charge in [0.05, 0.1) is 13.7 Å². The van der Waals surface area contributed by atoms with E-state index in [-0.39, 0.29) is 6.42 Å². The van der Waals surface area contributed by atoms with Crippen LogP contribution in [0.2, 0.25) is 0 Å². The molecule has 5 heteroatoms. The average Bonchev–Trinajstić information content (AvgIpc) is 2.41. The summed E-state index contributed by atoms with van der Waals surface area (Å²) in [5.74, 6) is 0.552. The molecule has 0 aliphatic heterocycles. The van der Waals surface area contributed by atoms with Crippen molar-refractivity contribution >= 4 is 5.97 Å². The second kappa shape index (κ2) is 8.43.